The number of nitrogens with one attached hydrogen (secondary N) is 3. The number of amides is 3. The molecule has 7 nitrogen and oxygen atoms in total. The molecule has 30 heavy (non-hydrogen) atoms. The van der Waals surface area contributed by atoms with Gasteiger partial charge in [0.25, 0.3) is 5.91 Å². The van der Waals surface area contributed by atoms with Crippen LogP contribution in [-0.2, 0) is 21.7 Å². The second-order valence-electron chi connectivity index (χ2n) is 6.87. The molecule has 3 amide bonds. The summed E-state index contributed by atoms with van der Waals surface area (Å²) in [6.45, 7) is -0.315. The molecule has 1 aliphatic carbocycles. The van der Waals surface area contributed by atoms with Crippen LogP contribution in [-0.4, -0.2) is 24.3 Å². The van der Waals surface area contributed by atoms with E-state index >= 15 is 0 Å². The topological polar surface area (TPSA) is 111 Å². The third-order valence-electron chi connectivity index (χ3n) is 4.75. The lowest BCUT2D eigenvalue weighted by Gasteiger charge is -2.20. The van der Waals surface area contributed by atoms with Gasteiger partial charge < -0.3 is 16.0 Å². The Morgan fingerprint density at radius 2 is 1.80 bits per heavy atom. The molecule has 2 aromatic rings. The first-order valence-electron chi connectivity index (χ1n) is 9.14. The van der Waals surface area contributed by atoms with Gasteiger partial charge in [0.05, 0.1) is 11.6 Å². The first-order valence-corrected chi connectivity index (χ1v) is 9.94. The number of nitriles is 1. The molecule has 154 valence electrons. The molecule has 0 aliphatic heterocycles. The fraction of sp³-hybridized carbons (Fsp3) is 0.238. The Hall–Kier alpha value is -3.25. The molecule has 9 heteroatoms. The zero-order chi connectivity index (χ0) is 21.7. The fourth-order valence-electron chi connectivity index (χ4n) is 3.08. The first-order chi connectivity index (χ1) is 14.3. The number of carbonyl (C=O) groups is 3. The highest BCUT2D eigenvalue weighted by Gasteiger charge is 2.46. The van der Waals surface area contributed by atoms with Gasteiger partial charge in [0.1, 0.15) is 12.4 Å². The molecule has 2 aromatic carbocycles. The highest BCUT2D eigenvalue weighted by atomic mass is 79.9. The van der Waals surface area contributed by atoms with E-state index in [0.29, 0.717) is 34.0 Å². The normalized spacial score (nSPS) is 13.6. The van der Waals surface area contributed by atoms with E-state index in [2.05, 4.69) is 31.9 Å². The van der Waals surface area contributed by atoms with Crippen molar-refractivity contribution in [2.75, 3.05) is 6.54 Å². The van der Waals surface area contributed by atoms with Gasteiger partial charge in [0.2, 0.25) is 0 Å². The van der Waals surface area contributed by atoms with Crippen LogP contribution in [0.1, 0.15) is 34.3 Å². The van der Waals surface area contributed by atoms with E-state index in [4.69, 9.17) is 5.26 Å². The van der Waals surface area contributed by atoms with Crippen LogP contribution in [0.5, 0.6) is 0 Å². The van der Waals surface area contributed by atoms with Gasteiger partial charge in [0.15, 0.2) is 0 Å². The monoisotopic (exact) mass is 472 g/mol. The van der Waals surface area contributed by atoms with Crippen LogP contribution in [0.15, 0.2) is 46.9 Å². The van der Waals surface area contributed by atoms with Crippen molar-refractivity contribution in [1.29, 1.82) is 5.26 Å². The van der Waals surface area contributed by atoms with E-state index in [1.54, 1.807) is 36.4 Å². The zero-order valence-electron chi connectivity index (χ0n) is 15.8. The number of rotatable bonds is 6. The molecule has 0 aromatic heterocycles. The van der Waals surface area contributed by atoms with Gasteiger partial charge in [-0.2, -0.15) is 5.26 Å². The predicted octanol–water partition coefficient (Wildman–Crippen LogP) is 2.26. The third-order valence-corrected chi connectivity index (χ3v) is 5.21. The summed E-state index contributed by atoms with van der Waals surface area (Å²) in [4.78, 5) is 36.3. The molecule has 1 fully saturated rings. The van der Waals surface area contributed by atoms with Gasteiger partial charge in [-0.3, -0.25) is 14.4 Å². The molecule has 0 radical (unpaired) electrons. The molecular weight excluding hydrogens is 455 g/mol. The summed E-state index contributed by atoms with van der Waals surface area (Å²) >= 11 is 3.27. The quantitative estimate of drug-likeness (QED) is 0.442. The predicted molar refractivity (Wildman–Crippen MR) is 109 cm³/mol. The molecule has 0 heterocycles. The lowest BCUT2D eigenvalue weighted by Crippen LogP contribution is -2.40. The van der Waals surface area contributed by atoms with E-state index in [1.807, 2.05) is 0 Å². The molecule has 0 unspecified atom stereocenters. The van der Waals surface area contributed by atoms with E-state index in [-0.39, 0.29) is 19.0 Å². The van der Waals surface area contributed by atoms with Crippen molar-refractivity contribution >= 4 is 33.7 Å². The van der Waals surface area contributed by atoms with Crippen molar-refractivity contribution in [1.82, 2.24) is 16.0 Å². The second-order valence-corrected chi connectivity index (χ2v) is 7.79. The molecule has 3 rings (SSSR count). The van der Waals surface area contributed by atoms with Crippen molar-refractivity contribution in [3.8, 4) is 6.07 Å². The first kappa shape index (κ1) is 21.5. The van der Waals surface area contributed by atoms with Crippen molar-refractivity contribution in [2.24, 2.45) is 0 Å². The highest BCUT2D eigenvalue weighted by molar-refractivity contribution is 9.10. The second kappa shape index (κ2) is 9.05. The largest absolute Gasteiger partial charge is 0.344 e. The van der Waals surface area contributed by atoms with Crippen LogP contribution in [0, 0.1) is 17.1 Å². The van der Waals surface area contributed by atoms with Crippen molar-refractivity contribution < 1.29 is 18.8 Å². The summed E-state index contributed by atoms with van der Waals surface area (Å²) in [7, 11) is 0. The molecule has 1 aliphatic rings. The van der Waals surface area contributed by atoms with Crippen LogP contribution in [0.3, 0.4) is 0 Å². The lowest BCUT2D eigenvalue weighted by molar-refractivity contribution is -0.139. The third kappa shape index (κ3) is 5.02. The van der Waals surface area contributed by atoms with Crippen molar-refractivity contribution in [3.05, 3.63) is 69.4 Å². The molecule has 0 bridgehead atoms. The molecule has 0 atom stereocenters. The summed E-state index contributed by atoms with van der Waals surface area (Å²) in [6.07, 6.45) is 1.37. The standard InChI is InChI=1S/C21H18BrFN4O3/c22-15-9-14(10-16(23)11-15)21(5-6-21)27-18(28)17-4-2-1-3-13(17)12-26-20(30)19(29)25-8-7-24/h1-4,9-11H,5-6,8,12H2,(H,25,29)(H,26,30)(H,27,28). The van der Waals surface area contributed by atoms with Crippen LogP contribution in [0.25, 0.3) is 0 Å². The van der Waals surface area contributed by atoms with Crippen LogP contribution in [0.4, 0.5) is 4.39 Å². The number of benzene rings is 2. The van der Waals surface area contributed by atoms with Gasteiger partial charge in [-0.25, -0.2) is 4.39 Å². The van der Waals surface area contributed by atoms with Gasteiger partial charge in [-0.15, -0.1) is 0 Å². The van der Waals surface area contributed by atoms with E-state index in [0.717, 1.165) is 0 Å². The number of carbonyl (C=O) groups excluding carboxylic acids is 3. The minimum Gasteiger partial charge on any atom is -0.344 e. The van der Waals surface area contributed by atoms with Crippen LogP contribution in [0.2, 0.25) is 0 Å². The maximum atomic E-state index is 13.8. The fourth-order valence-corrected chi connectivity index (χ4v) is 3.54. The summed E-state index contributed by atoms with van der Waals surface area (Å²) in [6, 6.07) is 12.9. The molecule has 0 saturated heterocycles. The Balaban J connectivity index is 1.71. The Morgan fingerprint density at radius 1 is 1.10 bits per heavy atom. The Morgan fingerprint density at radius 3 is 2.47 bits per heavy atom. The van der Waals surface area contributed by atoms with Gasteiger partial charge >= 0.3 is 11.8 Å². The summed E-state index contributed by atoms with van der Waals surface area (Å²) in [5.41, 5.74) is 0.919. The van der Waals surface area contributed by atoms with E-state index in [9.17, 15) is 18.8 Å². The average Bonchev–Trinajstić information content (AvgIpc) is 3.50. The maximum absolute atomic E-state index is 13.8. The summed E-state index contributed by atoms with van der Waals surface area (Å²) in [5, 5.41) is 16.0. The number of hydrogen-bond acceptors (Lipinski definition) is 4. The number of halogens is 2. The van der Waals surface area contributed by atoms with E-state index < -0.39 is 23.2 Å². The Bertz CT molecular complexity index is 1030. The SMILES string of the molecule is N#CCNC(=O)C(=O)NCc1ccccc1C(=O)NC1(c2cc(F)cc(Br)c2)CC1. The van der Waals surface area contributed by atoms with Gasteiger partial charge in [-0.1, -0.05) is 34.1 Å². The molecular formula is C21H18BrFN4O3. The maximum Gasteiger partial charge on any atom is 0.310 e. The lowest BCUT2D eigenvalue weighted by atomic mass is 10.0. The number of nitrogens with zero attached hydrogens (tertiary/aromatic N) is 1. The van der Waals surface area contributed by atoms with Crippen molar-refractivity contribution in [3.63, 3.8) is 0 Å². The van der Waals surface area contributed by atoms with Gasteiger partial charge in [-0.05, 0) is 48.2 Å². The van der Waals surface area contributed by atoms with Crippen LogP contribution >= 0.6 is 15.9 Å². The van der Waals surface area contributed by atoms with Crippen LogP contribution < -0.4 is 16.0 Å². The minimum atomic E-state index is -0.924. The number of hydrogen-bond donors (Lipinski definition) is 3. The Labute approximate surface area is 180 Å². The zero-order valence-corrected chi connectivity index (χ0v) is 17.4. The van der Waals surface area contributed by atoms with Crippen molar-refractivity contribution in [2.45, 2.75) is 24.9 Å². The smallest absolute Gasteiger partial charge is 0.310 e. The Kier molecular flexibility index (Phi) is 6.47. The average molecular weight is 473 g/mol. The highest BCUT2D eigenvalue weighted by Crippen LogP contribution is 2.46. The minimum absolute atomic E-state index is 0.0408. The molecule has 0 spiro atoms. The molecule has 1 saturated carbocycles. The summed E-state index contributed by atoms with van der Waals surface area (Å²) in [5.74, 6) is -2.57. The van der Waals surface area contributed by atoms with E-state index in [1.165, 1.54) is 12.1 Å². The summed E-state index contributed by atoms with van der Waals surface area (Å²) < 4.78 is 14.4. The molecule has 3 N–H and O–H groups in total. The van der Waals surface area contributed by atoms with Gasteiger partial charge in [0, 0.05) is 16.6 Å².